The van der Waals surface area contributed by atoms with Gasteiger partial charge in [0, 0.05) is 36.7 Å². The average molecular weight is 382 g/mol. The van der Waals surface area contributed by atoms with E-state index in [1.54, 1.807) is 4.90 Å². The molecule has 28 heavy (non-hydrogen) atoms. The third kappa shape index (κ3) is 2.76. The lowest BCUT2D eigenvalue weighted by Gasteiger charge is -2.34. The highest BCUT2D eigenvalue weighted by Crippen LogP contribution is 2.47. The average Bonchev–Trinajstić information content (AvgIpc) is 3.32. The topological polar surface area (TPSA) is 105 Å². The summed E-state index contributed by atoms with van der Waals surface area (Å²) in [6.07, 6.45) is 5.31. The van der Waals surface area contributed by atoms with Gasteiger partial charge in [-0.25, -0.2) is 0 Å². The summed E-state index contributed by atoms with van der Waals surface area (Å²) in [4.78, 5) is 38.1. The Kier molecular flexibility index (Phi) is 4.07. The summed E-state index contributed by atoms with van der Waals surface area (Å²) in [5.41, 5.74) is 9.09. The molecule has 2 aliphatic carbocycles. The lowest BCUT2D eigenvalue weighted by atomic mass is 9.88. The number of hydrogen-bond donors (Lipinski definition) is 3. The van der Waals surface area contributed by atoms with Gasteiger partial charge in [0.05, 0.1) is 0 Å². The Hall–Kier alpha value is -2.25. The molecular formula is C21H26N4O3. The minimum atomic E-state index is -0.565. The molecule has 148 valence electrons. The Labute approximate surface area is 164 Å². The van der Waals surface area contributed by atoms with Gasteiger partial charge in [-0.3, -0.25) is 19.7 Å². The van der Waals surface area contributed by atoms with Gasteiger partial charge in [-0.05, 0) is 55.2 Å². The van der Waals surface area contributed by atoms with Gasteiger partial charge in [0.25, 0.3) is 5.91 Å². The van der Waals surface area contributed by atoms with E-state index < -0.39 is 6.04 Å². The maximum atomic E-state index is 12.9. The third-order valence-electron chi connectivity index (χ3n) is 7.19. The van der Waals surface area contributed by atoms with Crippen LogP contribution in [0.5, 0.6) is 0 Å². The van der Waals surface area contributed by atoms with Crippen molar-refractivity contribution in [3.63, 3.8) is 0 Å². The number of carbonyl (C=O) groups excluding carboxylic acids is 3. The molecule has 0 aromatic heterocycles. The molecule has 3 amide bonds. The first-order valence-corrected chi connectivity index (χ1v) is 10.2. The van der Waals surface area contributed by atoms with Gasteiger partial charge in [0.15, 0.2) is 0 Å². The second-order valence-corrected chi connectivity index (χ2v) is 8.85. The Balaban J connectivity index is 1.30. The lowest BCUT2D eigenvalue weighted by Crippen LogP contribution is -2.54. The number of piperidine rings is 1. The lowest BCUT2D eigenvalue weighted by molar-refractivity contribution is -0.136. The Morgan fingerprint density at radius 2 is 2.11 bits per heavy atom. The molecule has 5 rings (SSSR count). The molecule has 1 saturated heterocycles. The Bertz CT molecular complexity index is 869. The zero-order valence-electron chi connectivity index (χ0n) is 15.9. The second-order valence-electron chi connectivity index (χ2n) is 8.85. The number of nitrogens with two attached hydrogens (primary N) is 1. The molecule has 7 nitrogen and oxygen atoms in total. The molecule has 4 N–H and O–H groups in total. The fourth-order valence-corrected chi connectivity index (χ4v) is 5.59. The number of fused-ring (bicyclic) bond motifs is 3. The van der Waals surface area contributed by atoms with Crippen molar-refractivity contribution >= 4 is 17.7 Å². The maximum Gasteiger partial charge on any atom is 0.255 e. The van der Waals surface area contributed by atoms with Crippen molar-refractivity contribution < 1.29 is 14.4 Å². The van der Waals surface area contributed by atoms with Crippen molar-refractivity contribution in [3.05, 3.63) is 34.9 Å². The highest BCUT2D eigenvalue weighted by Gasteiger charge is 2.50. The summed E-state index contributed by atoms with van der Waals surface area (Å²) in [6.45, 7) is 1.12. The van der Waals surface area contributed by atoms with Gasteiger partial charge in [0.2, 0.25) is 11.8 Å². The Morgan fingerprint density at radius 3 is 2.82 bits per heavy atom. The molecule has 7 heteroatoms. The van der Waals surface area contributed by atoms with Crippen LogP contribution in [0.3, 0.4) is 0 Å². The molecule has 3 fully saturated rings. The van der Waals surface area contributed by atoms with Crippen LogP contribution in [0, 0.1) is 5.92 Å². The standard InChI is InChI=1S/C21H26N4O3/c22-17-8-12-5-6-21(17,9-12)23-10-13-1-2-14-11-25(20(28)15(14)7-13)16-3-4-18(26)24-19(16)27/h1-2,7,12,16-17,23H,3-6,8-11,22H2,(H,24,26,27)/t12-,16?,17+,21+/m0/s1. The van der Waals surface area contributed by atoms with Crippen molar-refractivity contribution in [1.82, 2.24) is 15.5 Å². The number of nitrogens with zero attached hydrogens (tertiary/aromatic N) is 1. The van der Waals surface area contributed by atoms with Gasteiger partial charge in [-0.2, -0.15) is 0 Å². The van der Waals surface area contributed by atoms with Crippen LogP contribution in [0.25, 0.3) is 0 Å². The van der Waals surface area contributed by atoms with E-state index in [1.165, 1.54) is 6.42 Å². The molecule has 4 aliphatic rings. The quantitative estimate of drug-likeness (QED) is 0.669. The van der Waals surface area contributed by atoms with Gasteiger partial charge >= 0.3 is 0 Å². The molecule has 1 aromatic rings. The summed E-state index contributed by atoms with van der Waals surface area (Å²) in [5.74, 6) is -0.00369. The number of amides is 3. The van der Waals surface area contributed by atoms with Crippen LogP contribution < -0.4 is 16.4 Å². The summed E-state index contributed by atoms with van der Waals surface area (Å²) in [6, 6.07) is 5.63. The van der Waals surface area contributed by atoms with E-state index in [1.807, 2.05) is 12.1 Å². The minimum absolute atomic E-state index is 0.0481. The predicted octanol–water partition coefficient (Wildman–Crippen LogP) is 0.807. The molecule has 0 spiro atoms. The molecular weight excluding hydrogens is 356 g/mol. The van der Waals surface area contributed by atoms with Crippen molar-refractivity contribution in [2.45, 2.75) is 69.2 Å². The molecule has 2 heterocycles. The maximum absolute atomic E-state index is 12.9. The van der Waals surface area contributed by atoms with Gasteiger partial charge in [0.1, 0.15) is 6.04 Å². The minimum Gasteiger partial charge on any atom is -0.326 e. The largest absolute Gasteiger partial charge is 0.326 e. The van der Waals surface area contributed by atoms with Gasteiger partial charge in [-0.15, -0.1) is 0 Å². The summed E-state index contributed by atoms with van der Waals surface area (Å²) in [7, 11) is 0. The van der Waals surface area contributed by atoms with Crippen LogP contribution in [-0.4, -0.2) is 40.2 Å². The molecule has 1 unspecified atom stereocenters. The zero-order valence-corrected chi connectivity index (χ0v) is 15.9. The van der Waals surface area contributed by atoms with Crippen molar-refractivity contribution in [2.75, 3.05) is 0 Å². The summed E-state index contributed by atoms with van der Waals surface area (Å²) >= 11 is 0. The number of rotatable bonds is 4. The summed E-state index contributed by atoms with van der Waals surface area (Å²) < 4.78 is 0. The van der Waals surface area contributed by atoms with Crippen LogP contribution >= 0.6 is 0 Å². The van der Waals surface area contributed by atoms with E-state index in [0.717, 1.165) is 36.3 Å². The van der Waals surface area contributed by atoms with Crippen LogP contribution in [-0.2, 0) is 22.7 Å². The normalized spacial score (nSPS) is 34.1. The van der Waals surface area contributed by atoms with Crippen LogP contribution in [0.1, 0.15) is 60.0 Å². The smallest absolute Gasteiger partial charge is 0.255 e. The zero-order chi connectivity index (χ0) is 19.5. The van der Waals surface area contributed by atoms with E-state index >= 15 is 0 Å². The summed E-state index contributed by atoms with van der Waals surface area (Å²) in [5, 5.41) is 6.04. The number of nitrogens with one attached hydrogen (secondary N) is 2. The van der Waals surface area contributed by atoms with Crippen LogP contribution in [0.15, 0.2) is 18.2 Å². The van der Waals surface area contributed by atoms with E-state index in [-0.39, 0.29) is 35.7 Å². The molecule has 0 radical (unpaired) electrons. The molecule has 2 saturated carbocycles. The van der Waals surface area contributed by atoms with Crippen molar-refractivity contribution in [2.24, 2.45) is 11.7 Å². The molecule has 1 aromatic carbocycles. The number of carbonyl (C=O) groups is 3. The monoisotopic (exact) mass is 382 g/mol. The molecule has 2 aliphatic heterocycles. The highest BCUT2D eigenvalue weighted by atomic mass is 16.2. The van der Waals surface area contributed by atoms with E-state index in [4.69, 9.17) is 5.73 Å². The van der Waals surface area contributed by atoms with Crippen LogP contribution in [0.2, 0.25) is 0 Å². The van der Waals surface area contributed by atoms with E-state index in [2.05, 4.69) is 16.7 Å². The molecule has 4 atom stereocenters. The first-order chi connectivity index (χ1) is 13.4. The fraction of sp³-hybridized carbons (Fsp3) is 0.571. The third-order valence-corrected chi connectivity index (χ3v) is 7.19. The number of benzene rings is 1. The van der Waals surface area contributed by atoms with Crippen molar-refractivity contribution in [1.29, 1.82) is 0 Å². The van der Waals surface area contributed by atoms with Crippen molar-refractivity contribution in [3.8, 4) is 0 Å². The fourth-order valence-electron chi connectivity index (χ4n) is 5.59. The van der Waals surface area contributed by atoms with E-state index in [0.29, 0.717) is 25.1 Å². The SMILES string of the molecule is N[C@@H]1C[C@@H]2CC[C@@]1(NCc1ccc3c(c1)C(=O)N(C1CCC(=O)NC1=O)C3)C2. The Morgan fingerprint density at radius 1 is 1.25 bits per heavy atom. The number of imide groups is 1. The van der Waals surface area contributed by atoms with E-state index in [9.17, 15) is 14.4 Å². The van der Waals surface area contributed by atoms with Gasteiger partial charge in [-0.1, -0.05) is 12.1 Å². The predicted molar refractivity (Wildman–Crippen MR) is 102 cm³/mol. The van der Waals surface area contributed by atoms with Crippen LogP contribution in [0.4, 0.5) is 0 Å². The first kappa shape index (κ1) is 17.8. The van der Waals surface area contributed by atoms with Gasteiger partial charge < -0.3 is 16.0 Å². The molecule has 2 bridgehead atoms. The second kappa shape index (κ2) is 6.39. The number of hydrogen-bond acceptors (Lipinski definition) is 5. The highest BCUT2D eigenvalue weighted by molar-refractivity contribution is 6.05. The first-order valence-electron chi connectivity index (χ1n) is 10.2.